The van der Waals surface area contributed by atoms with E-state index in [1.54, 1.807) is 4.90 Å². The van der Waals surface area contributed by atoms with Gasteiger partial charge in [-0.15, -0.1) is 5.10 Å². The highest BCUT2D eigenvalue weighted by molar-refractivity contribution is 7.92. The summed E-state index contributed by atoms with van der Waals surface area (Å²) < 4.78 is 26.1. The van der Waals surface area contributed by atoms with Crippen LogP contribution in [0.25, 0.3) is 11.1 Å². The van der Waals surface area contributed by atoms with Crippen LogP contribution in [0.1, 0.15) is 11.1 Å². The van der Waals surface area contributed by atoms with Gasteiger partial charge >= 0.3 is 6.03 Å². The van der Waals surface area contributed by atoms with Gasteiger partial charge in [-0.3, -0.25) is 9.62 Å². The standard InChI is InChI=1S/C23H27N5O3S/c1-18-16-20(19-6-4-3-5-7-19)8-9-21(18)17-26-12-14-27(15-13-26)23(29)28-11-10-22(24-28)25-32(2,30)31/h3-11,16H,12-15,17H2,1-2H3,(H,24,25). The maximum atomic E-state index is 12.7. The minimum absolute atomic E-state index is 0.133. The molecule has 0 unspecified atom stereocenters. The summed E-state index contributed by atoms with van der Waals surface area (Å²) in [5, 5.41) is 4.02. The fourth-order valence-electron chi connectivity index (χ4n) is 3.84. The van der Waals surface area contributed by atoms with Crippen LogP contribution in [0.5, 0.6) is 0 Å². The van der Waals surface area contributed by atoms with Crippen molar-refractivity contribution in [1.29, 1.82) is 0 Å². The molecule has 8 nitrogen and oxygen atoms in total. The van der Waals surface area contributed by atoms with Crippen molar-refractivity contribution in [2.45, 2.75) is 13.5 Å². The second-order valence-corrected chi connectivity index (χ2v) is 9.82. The van der Waals surface area contributed by atoms with Crippen LogP contribution in [0.15, 0.2) is 60.8 Å². The van der Waals surface area contributed by atoms with E-state index in [0.29, 0.717) is 13.1 Å². The molecule has 32 heavy (non-hydrogen) atoms. The average molecular weight is 454 g/mol. The van der Waals surface area contributed by atoms with Crippen molar-refractivity contribution in [1.82, 2.24) is 19.6 Å². The number of aromatic nitrogens is 2. The summed E-state index contributed by atoms with van der Waals surface area (Å²) in [7, 11) is -3.43. The highest BCUT2D eigenvalue weighted by Crippen LogP contribution is 2.23. The van der Waals surface area contributed by atoms with Gasteiger partial charge in [0, 0.05) is 45.0 Å². The summed E-state index contributed by atoms with van der Waals surface area (Å²) in [6.45, 7) is 5.69. The zero-order chi connectivity index (χ0) is 22.7. The zero-order valence-electron chi connectivity index (χ0n) is 18.2. The van der Waals surface area contributed by atoms with Crippen molar-refractivity contribution in [3.05, 3.63) is 71.9 Å². The molecule has 1 N–H and O–H groups in total. The molecule has 1 aliphatic rings. The van der Waals surface area contributed by atoms with Crippen LogP contribution in [0.2, 0.25) is 0 Å². The molecule has 2 heterocycles. The van der Waals surface area contributed by atoms with Crippen LogP contribution in [0, 0.1) is 6.92 Å². The van der Waals surface area contributed by atoms with Gasteiger partial charge in [0.1, 0.15) is 0 Å². The van der Waals surface area contributed by atoms with Crippen LogP contribution in [0.4, 0.5) is 10.6 Å². The number of amides is 1. The molecule has 168 valence electrons. The molecule has 0 bridgehead atoms. The number of nitrogens with zero attached hydrogens (tertiary/aromatic N) is 4. The Morgan fingerprint density at radius 1 is 1.00 bits per heavy atom. The maximum Gasteiger partial charge on any atom is 0.344 e. The molecule has 1 amide bonds. The average Bonchev–Trinajstić information content (AvgIpc) is 3.22. The largest absolute Gasteiger partial charge is 0.344 e. The predicted octanol–water partition coefficient (Wildman–Crippen LogP) is 3.02. The Labute approximate surface area is 188 Å². The fraction of sp³-hybridized carbons (Fsp3) is 0.304. The number of carbonyl (C=O) groups is 1. The molecule has 0 spiro atoms. The van der Waals surface area contributed by atoms with Crippen LogP contribution < -0.4 is 4.72 Å². The molecule has 1 aliphatic heterocycles. The molecule has 0 saturated carbocycles. The topological polar surface area (TPSA) is 87.5 Å². The molecule has 1 saturated heterocycles. The molecule has 1 fully saturated rings. The number of piperazine rings is 1. The van der Waals surface area contributed by atoms with Crippen molar-refractivity contribution in [3.63, 3.8) is 0 Å². The SMILES string of the molecule is Cc1cc(-c2ccccc2)ccc1CN1CCN(C(=O)n2ccc(NS(C)(=O)=O)n2)CC1. The summed E-state index contributed by atoms with van der Waals surface area (Å²) >= 11 is 0. The van der Waals surface area contributed by atoms with Gasteiger partial charge in [0.15, 0.2) is 5.82 Å². The number of sulfonamides is 1. The number of rotatable bonds is 5. The minimum atomic E-state index is -3.43. The molecule has 0 aliphatic carbocycles. The third-order valence-corrected chi connectivity index (χ3v) is 6.14. The molecule has 3 aromatic rings. The first-order valence-corrected chi connectivity index (χ1v) is 12.4. The first-order valence-electron chi connectivity index (χ1n) is 10.5. The Morgan fingerprint density at radius 2 is 1.72 bits per heavy atom. The van der Waals surface area contributed by atoms with Crippen molar-refractivity contribution < 1.29 is 13.2 Å². The van der Waals surface area contributed by atoms with Gasteiger partial charge < -0.3 is 4.90 Å². The Morgan fingerprint density at radius 3 is 2.38 bits per heavy atom. The number of benzene rings is 2. The Bertz CT molecular complexity index is 1200. The van der Waals surface area contributed by atoms with Crippen molar-refractivity contribution >= 4 is 21.9 Å². The maximum absolute atomic E-state index is 12.7. The summed E-state index contributed by atoms with van der Waals surface area (Å²) in [6.07, 6.45) is 2.52. The van der Waals surface area contributed by atoms with Gasteiger partial charge in [-0.2, -0.15) is 4.68 Å². The number of carbonyl (C=O) groups excluding carboxylic acids is 1. The first kappa shape index (κ1) is 22.0. The van der Waals surface area contributed by atoms with Gasteiger partial charge in [-0.1, -0.05) is 48.5 Å². The van der Waals surface area contributed by atoms with E-state index in [2.05, 4.69) is 52.0 Å². The van der Waals surface area contributed by atoms with Gasteiger partial charge in [-0.05, 0) is 29.2 Å². The van der Waals surface area contributed by atoms with Crippen molar-refractivity contribution in [2.75, 3.05) is 37.2 Å². The molecule has 0 radical (unpaired) electrons. The lowest BCUT2D eigenvalue weighted by atomic mass is 9.99. The van der Waals surface area contributed by atoms with E-state index in [1.165, 1.54) is 39.2 Å². The second kappa shape index (κ2) is 9.13. The summed E-state index contributed by atoms with van der Waals surface area (Å²) in [5.41, 5.74) is 4.97. The second-order valence-electron chi connectivity index (χ2n) is 8.07. The Balaban J connectivity index is 1.33. The number of hydrogen-bond donors (Lipinski definition) is 1. The third-order valence-electron chi connectivity index (χ3n) is 5.56. The minimum Gasteiger partial charge on any atom is -0.320 e. The van der Waals surface area contributed by atoms with E-state index >= 15 is 0 Å². The summed E-state index contributed by atoms with van der Waals surface area (Å²) in [4.78, 5) is 16.8. The lowest BCUT2D eigenvalue weighted by molar-refractivity contribution is 0.134. The van der Waals surface area contributed by atoms with Crippen LogP contribution in [-0.4, -0.2) is 66.5 Å². The lowest BCUT2D eigenvalue weighted by Gasteiger charge is -2.34. The van der Waals surface area contributed by atoms with Gasteiger partial charge in [-0.25, -0.2) is 13.2 Å². The molecule has 2 aromatic carbocycles. The Hall–Kier alpha value is -3.17. The van der Waals surface area contributed by atoms with E-state index in [4.69, 9.17) is 0 Å². The van der Waals surface area contributed by atoms with E-state index in [1.807, 2.05) is 18.2 Å². The quantitative estimate of drug-likeness (QED) is 0.642. The molecule has 9 heteroatoms. The Kier molecular flexibility index (Phi) is 6.29. The summed E-state index contributed by atoms with van der Waals surface area (Å²) in [5.74, 6) is 0.133. The molecule has 1 aromatic heterocycles. The number of anilines is 1. The van der Waals surface area contributed by atoms with E-state index < -0.39 is 10.0 Å². The van der Waals surface area contributed by atoms with E-state index in [9.17, 15) is 13.2 Å². The number of hydrogen-bond acceptors (Lipinski definition) is 5. The predicted molar refractivity (Wildman–Crippen MR) is 125 cm³/mol. The summed E-state index contributed by atoms with van der Waals surface area (Å²) in [6, 6.07) is 18.1. The lowest BCUT2D eigenvalue weighted by Crippen LogP contribution is -2.49. The van der Waals surface area contributed by atoms with Gasteiger partial charge in [0.05, 0.1) is 6.26 Å². The molecule has 4 rings (SSSR count). The highest BCUT2D eigenvalue weighted by atomic mass is 32.2. The van der Waals surface area contributed by atoms with E-state index in [0.717, 1.165) is 25.9 Å². The van der Waals surface area contributed by atoms with Gasteiger partial charge in [0.2, 0.25) is 10.0 Å². The normalized spacial score (nSPS) is 15.0. The van der Waals surface area contributed by atoms with Crippen LogP contribution >= 0.6 is 0 Å². The molecule has 0 atom stereocenters. The monoisotopic (exact) mass is 453 g/mol. The number of aryl methyl sites for hydroxylation is 1. The highest BCUT2D eigenvalue weighted by Gasteiger charge is 2.23. The van der Waals surface area contributed by atoms with E-state index in [-0.39, 0.29) is 11.8 Å². The smallest absolute Gasteiger partial charge is 0.320 e. The molecular formula is C23H27N5O3S. The third kappa shape index (κ3) is 5.35. The van der Waals surface area contributed by atoms with Crippen LogP contribution in [0.3, 0.4) is 0 Å². The zero-order valence-corrected chi connectivity index (χ0v) is 19.0. The number of nitrogens with one attached hydrogen (secondary N) is 1. The van der Waals surface area contributed by atoms with Crippen LogP contribution in [-0.2, 0) is 16.6 Å². The van der Waals surface area contributed by atoms with Gasteiger partial charge in [0.25, 0.3) is 0 Å². The first-order chi connectivity index (χ1) is 15.3. The van der Waals surface area contributed by atoms with Crippen molar-refractivity contribution in [3.8, 4) is 11.1 Å². The van der Waals surface area contributed by atoms with Crippen molar-refractivity contribution in [2.24, 2.45) is 0 Å². The molecular weight excluding hydrogens is 426 g/mol. The fourth-order valence-corrected chi connectivity index (χ4v) is 4.33.